The first-order valence-electron chi connectivity index (χ1n) is 6.66. The van der Waals surface area contributed by atoms with Crippen LogP contribution in [0.2, 0.25) is 0 Å². The van der Waals surface area contributed by atoms with Crippen molar-refractivity contribution in [1.82, 2.24) is 9.80 Å². The summed E-state index contributed by atoms with van der Waals surface area (Å²) in [6.45, 7) is 14.2. The van der Waals surface area contributed by atoms with Crippen LogP contribution in [0.5, 0.6) is 0 Å². The summed E-state index contributed by atoms with van der Waals surface area (Å²) >= 11 is 0. The monoisotopic (exact) mass is 244 g/mol. The Morgan fingerprint density at radius 2 is 1.71 bits per heavy atom. The largest absolute Gasteiger partial charge is 0.352 e. The fourth-order valence-electron chi connectivity index (χ4n) is 2.23. The molecule has 0 radical (unpaired) electrons. The lowest BCUT2D eigenvalue weighted by Crippen LogP contribution is -2.58. The number of nitrogens with zero attached hydrogens (tertiary/aromatic N) is 2. The fourth-order valence-corrected chi connectivity index (χ4v) is 2.23. The van der Waals surface area contributed by atoms with Gasteiger partial charge in [-0.25, -0.2) is 0 Å². The molecule has 4 heteroatoms. The number of ether oxygens (including phenoxy) is 2. The Morgan fingerprint density at radius 1 is 1.12 bits per heavy atom. The maximum Gasteiger partial charge on any atom is 0.170 e. The Labute approximate surface area is 106 Å². The number of hydrogen-bond donors (Lipinski definition) is 0. The van der Waals surface area contributed by atoms with E-state index in [1.165, 1.54) is 0 Å². The second kappa shape index (κ2) is 6.69. The molecule has 4 nitrogen and oxygen atoms in total. The third-order valence-electron chi connectivity index (χ3n) is 3.51. The van der Waals surface area contributed by atoms with Gasteiger partial charge in [0.2, 0.25) is 0 Å². The summed E-state index contributed by atoms with van der Waals surface area (Å²) in [4.78, 5) is 4.86. The highest BCUT2D eigenvalue weighted by Crippen LogP contribution is 2.19. The van der Waals surface area contributed by atoms with Crippen LogP contribution < -0.4 is 0 Å². The first-order valence-corrected chi connectivity index (χ1v) is 6.66. The molecule has 1 aliphatic rings. The van der Waals surface area contributed by atoms with E-state index < -0.39 is 0 Å². The molecule has 0 aromatic heterocycles. The van der Waals surface area contributed by atoms with Crippen LogP contribution in [0.1, 0.15) is 27.7 Å². The Morgan fingerprint density at radius 3 is 2.18 bits per heavy atom. The summed E-state index contributed by atoms with van der Waals surface area (Å²) in [6, 6.07) is 0. The molecular weight excluding hydrogens is 216 g/mol. The highest BCUT2D eigenvalue weighted by molar-refractivity contribution is 4.88. The van der Waals surface area contributed by atoms with Crippen LogP contribution in [-0.2, 0) is 9.47 Å². The molecule has 17 heavy (non-hydrogen) atoms. The molecule has 0 bridgehead atoms. The normalized spacial score (nSPS) is 22.2. The molecule has 0 atom stereocenters. The molecule has 0 amide bonds. The van der Waals surface area contributed by atoms with Gasteiger partial charge in [0.05, 0.1) is 0 Å². The zero-order valence-electron chi connectivity index (χ0n) is 12.0. The summed E-state index contributed by atoms with van der Waals surface area (Å²) in [7, 11) is 2.19. The molecule has 1 rings (SSSR count). The van der Waals surface area contributed by atoms with Gasteiger partial charge in [0.1, 0.15) is 0 Å². The minimum Gasteiger partial charge on any atom is -0.352 e. The van der Waals surface area contributed by atoms with Crippen molar-refractivity contribution in [3.8, 4) is 0 Å². The van der Waals surface area contributed by atoms with Crippen LogP contribution in [0.4, 0.5) is 0 Å². The SMILES string of the molecule is CCOC(CN1CCN(C)C(C)(C)C1)OCC. The van der Waals surface area contributed by atoms with Crippen LogP contribution in [-0.4, -0.2) is 68.1 Å². The maximum atomic E-state index is 5.60. The van der Waals surface area contributed by atoms with Gasteiger partial charge in [0, 0.05) is 44.9 Å². The van der Waals surface area contributed by atoms with Gasteiger partial charge in [0.25, 0.3) is 0 Å². The van der Waals surface area contributed by atoms with Crippen LogP contribution >= 0.6 is 0 Å². The minimum atomic E-state index is -0.0794. The lowest BCUT2D eigenvalue weighted by atomic mass is 10.00. The topological polar surface area (TPSA) is 24.9 Å². The number of hydrogen-bond acceptors (Lipinski definition) is 4. The molecule has 102 valence electrons. The van der Waals surface area contributed by atoms with E-state index in [9.17, 15) is 0 Å². The Kier molecular flexibility index (Phi) is 5.86. The average Bonchev–Trinajstić information content (AvgIpc) is 2.24. The Hall–Kier alpha value is -0.160. The molecule has 0 saturated carbocycles. The van der Waals surface area contributed by atoms with Crippen LogP contribution in [0.15, 0.2) is 0 Å². The highest BCUT2D eigenvalue weighted by atomic mass is 16.7. The van der Waals surface area contributed by atoms with E-state index in [1.54, 1.807) is 0 Å². The standard InChI is InChI=1S/C13H28N2O2/c1-6-16-12(17-7-2)10-15-9-8-14(5)13(3,4)11-15/h12H,6-11H2,1-5H3. The van der Waals surface area contributed by atoms with Gasteiger partial charge in [-0.1, -0.05) is 0 Å². The van der Waals surface area contributed by atoms with Crippen LogP contribution in [0.25, 0.3) is 0 Å². The lowest BCUT2D eigenvalue weighted by Gasteiger charge is -2.46. The van der Waals surface area contributed by atoms with E-state index in [1.807, 2.05) is 13.8 Å². The second-order valence-electron chi connectivity index (χ2n) is 5.31. The average molecular weight is 244 g/mol. The predicted molar refractivity (Wildman–Crippen MR) is 70.2 cm³/mol. The van der Waals surface area contributed by atoms with Crippen molar-refractivity contribution in [2.24, 2.45) is 0 Å². The molecule has 1 heterocycles. The van der Waals surface area contributed by atoms with E-state index in [0.717, 1.165) is 26.2 Å². The summed E-state index contributed by atoms with van der Waals surface area (Å²) in [5, 5.41) is 0. The summed E-state index contributed by atoms with van der Waals surface area (Å²) in [5.41, 5.74) is 0.237. The molecule has 1 saturated heterocycles. The number of likely N-dealkylation sites (N-methyl/N-ethyl adjacent to an activating group) is 1. The quantitative estimate of drug-likeness (QED) is 0.660. The van der Waals surface area contributed by atoms with Crippen LogP contribution in [0, 0.1) is 0 Å². The van der Waals surface area contributed by atoms with Gasteiger partial charge in [-0.15, -0.1) is 0 Å². The maximum absolute atomic E-state index is 5.60. The molecule has 1 aliphatic heterocycles. The lowest BCUT2D eigenvalue weighted by molar-refractivity contribution is -0.153. The molecule has 0 spiro atoms. The molecule has 0 unspecified atom stereocenters. The van der Waals surface area contributed by atoms with E-state index in [4.69, 9.17) is 9.47 Å². The van der Waals surface area contributed by atoms with Crippen molar-refractivity contribution >= 4 is 0 Å². The van der Waals surface area contributed by atoms with Crippen molar-refractivity contribution in [3.63, 3.8) is 0 Å². The zero-order chi connectivity index (χ0) is 12.9. The second-order valence-corrected chi connectivity index (χ2v) is 5.31. The third-order valence-corrected chi connectivity index (χ3v) is 3.51. The molecule has 0 aromatic carbocycles. The molecular formula is C13H28N2O2. The Bertz CT molecular complexity index is 215. The van der Waals surface area contributed by atoms with Crippen LogP contribution in [0.3, 0.4) is 0 Å². The van der Waals surface area contributed by atoms with Gasteiger partial charge >= 0.3 is 0 Å². The third kappa shape index (κ3) is 4.54. The predicted octanol–water partition coefficient (Wildman–Crippen LogP) is 1.41. The number of piperazine rings is 1. The molecule has 1 fully saturated rings. The van der Waals surface area contributed by atoms with E-state index in [-0.39, 0.29) is 11.8 Å². The van der Waals surface area contributed by atoms with Gasteiger partial charge in [-0.2, -0.15) is 0 Å². The van der Waals surface area contributed by atoms with Crippen molar-refractivity contribution < 1.29 is 9.47 Å². The Balaban J connectivity index is 2.44. The zero-order valence-corrected chi connectivity index (χ0v) is 12.0. The van der Waals surface area contributed by atoms with Gasteiger partial charge in [-0.3, -0.25) is 9.80 Å². The first-order chi connectivity index (χ1) is 7.99. The fraction of sp³-hybridized carbons (Fsp3) is 1.00. The highest BCUT2D eigenvalue weighted by Gasteiger charge is 2.31. The van der Waals surface area contributed by atoms with E-state index in [0.29, 0.717) is 13.2 Å². The van der Waals surface area contributed by atoms with Crippen molar-refractivity contribution in [2.45, 2.75) is 39.5 Å². The molecule has 0 aromatic rings. The molecule has 0 aliphatic carbocycles. The van der Waals surface area contributed by atoms with Gasteiger partial charge < -0.3 is 9.47 Å². The van der Waals surface area contributed by atoms with E-state index in [2.05, 4.69) is 30.7 Å². The molecule has 0 N–H and O–H groups in total. The minimum absolute atomic E-state index is 0.0794. The van der Waals surface area contributed by atoms with Gasteiger partial charge in [0.15, 0.2) is 6.29 Å². The van der Waals surface area contributed by atoms with Crippen molar-refractivity contribution in [1.29, 1.82) is 0 Å². The van der Waals surface area contributed by atoms with Crippen molar-refractivity contribution in [2.75, 3.05) is 46.4 Å². The summed E-state index contributed by atoms with van der Waals surface area (Å²) in [6.07, 6.45) is -0.0794. The van der Waals surface area contributed by atoms with Crippen molar-refractivity contribution in [3.05, 3.63) is 0 Å². The first kappa shape index (κ1) is 14.9. The number of rotatable bonds is 6. The smallest absolute Gasteiger partial charge is 0.170 e. The van der Waals surface area contributed by atoms with Gasteiger partial charge in [-0.05, 0) is 34.7 Å². The van der Waals surface area contributed by atoms with E-state index >= 15 is 0 Å². The summed E-state index contributed by atoms with van der Waals surface area (Å²) in [5.74, 6) is 0. The summed E-state index contributed by atoms with van der Waals surface area (Å²) < 4.78 is 11.2.